The highest BCUT2D eigenvalue weighted by Crippen LogP contribution is 2.37. The van der Waals surface area contributed by atoms with Crippen molar-refractivity contribution in [1.82, 2.24) is 0 Å². The lowest BCUT2D eigenvalue weighted by Gasteiger charge is -2.38. The highest BCUT2D eigenvalue weighted by molar-refractivity contribution is 5.60. The van der Waals surface area contributed by atoms with Crippen LogP contribution in [0.1, 0.15) is 101 Å². The molecule has 2 aromatic rings. The number of nitrogens with zero attached hydrogens (tertiary/aromatic N) is 2. The lowest BCUT2D eigenvalue weighted by molar-refractivity contribution is 0.512. The maximum Gasteiger partial charge on any atom is 0.0404 e. The van der Waals surface area contributed by atoms with E-state index in [1.54, 1.807) is 16.7 Å². The van der Waals surface area contributed by atoms with Crippen LogP contribution in [0.2, 0.25) is 0 Å². The molecular formula is C30H44N2. The van der Waals surface area contributed by atoms with Crippen LogP contribution in [0.4, 0.5) is 11.4 Å². The zero-order chi connectivity index (χ0) is 22.8. The van der Waals surface area contributed by atoms with Gasteiger partial charge < -0.3 is 9.80 Å². The van der Waals surface area contributed by atoms with Gasteiger partial charge in [0.2, 0.25) is 0 Å². The molecule has 2 atom stereocenters. The van der Waals surface area contributed by atoms with E-state index in [0.717, 1.165) is 0 Å². The summed E-state index contributed by atoms with van der Waals surface area (Å²) < 4.78 is 0. The van der Waals surface area contributed by atoms with E-state index in [2.05, 4.69) is 87.7 Å². The largest absolute Gasteiger partial charge is 0.369 e. The molecule has 0 amide bonds. The topological polar surface area (TPSA) is 6.48 Å². The zero-order valence-corrected chi connectivity index (χ0v) is 21.3. The Morgan fingerprint density at radius 1 is 0.781 bits per heavy atom. The first-order valence-corrected chi connectivity index (χ1v) is 13.1. The van der Waals surface area contributed by atoms with Crippen LogP contribution in [0.3, 0.4) is 0 Å². The van der Waals surface area contributed by atoms with Gasteiger partial charge in [0.15, 0.2) is 0 Å². The smallest absolute Gasteiger partial charge is 0.0404 e. The second kappa shape index (κ2) is 9.89. The van der Waals surface area contributed by atoms with Gasteiger partial charge in [0.1, 0.15) is 0 Å². The minimum Gasteiger partial charge on any atom is -0.369 e. The summed E-state index contributed by atoms with van der Waals surface area (Å²) in [6.45, 7) is 16.6. The van der Waals surface area contributed by atoms with Crippen LogP contribution < -0.4 is 9.80 Å². The summed E-state index contributed by atoms with van der Waals surface area (Å²) in [4.78, 5) is 5.31. The second-order valence-corrected chi connectivity index (χ2v) is 10.9. The minimum atomic E-state index is 0.578. The lowest BCUT2D eigenvalue weighted by Crippen LogP contribution is -2.37. The number of hydrogen-bond acceptors (Lipinski definition) is 2. The van der Waals surface area contributed by atoms with E-state index >= 15 is 0 Å². The second-order valence-electron chi connectivity index (χ2n) is 10.9. The van der Waals surface area contributed by atoms with Gasteiger partial charge >= 0.3 is 0 Å². The molecule has 0 saturated carbocycles. The van der Waals surface area contributed by atoms with Gasteiger partial charge in [-0.2, -0.15) is 0 Å². The minimum absolute atomic E-state index is 0.578. The highest BCUT2D eigenvalue weighted by atomic mass is 15.2. The number of fused-ring (bicyclic) bond motifs is 2. The van der Waals surface area contributed by atoms with E-state index in [-0.39, 0.29) is 0 Å². The fraction of sp³-hybridized carbons (Fsp3) is 0.600. The third kappa shape index (κ3) is 4.70. The predicted molar refractivity (Wildman–Crippen MR) is 141 cm³/mol. The Kier molecular flexibility index (Phi) is 7.17. The molecule has 2 aliphatic heterocycles. The van der Waals surface area contributed by atoms with Crippen LogP contribution >= 0.6 is 0 Å². The van der Waals surface area contributed by atoms with Gasteiger partial charge in [-0.15, -0.1) is 0 Å². The van der Waals surface area contributed by atoms with Crippen LogP contribution in [-0.2, 0) is 12.8 Å². The number of rotatable bonds is 7. The molecule has 2 heterocycles. The summed E-state index contributed by atoms with van der Waals surface area (Å²) in [5, 5.41) is 0. The van der Waals surface area contributed by atoms with Gasteiger partial charge in [-0.05, 0) is 106 Å². The molecular weight excluding hydrogens is 388 g/mol. The first kappa shape index (κ1) is 23.2. The van der Waals surface area contributed by atoms with Crippen molar-refractivity contribution in [3.05, 3.63) is 58.7 Å². The number of benzene rings is 2. The molecule has 0 bridgehead atoms. The van der Waals surface area contributed by atoms with Crippen molar-refractivity contribution in [2.45, 2.75) is 104 Å². The molecule has 0 saturated heterocycles. The summed E-state index contributed by atoms with van der Waals surface area (Å²) in [6, 6.07) is 15.4. The summed E-state index contributed by atoms with van der Waals surface area (Å²) in [5.41, 5.74) is 9.24. The molecule has 2 aliphatic rings. The van der Waals surface area contributed by atoms with E-state index in [4.69, 9.17) is 0 Å². The van der Waals surface area contributed by atoms with E-state index in [1.165, 1.54) is 68.6 Å². The van der Waals surface area contributed by atoms with Gasteiger partial charge in [-0.1, -0.05) is 45.0 Å². The fourth-order valence-electron chi connectivity index (χ4n) is 5.92. The first-order chi connectivity index (χ1) is 15.4. The standard InChI is InChI=1S/C30H44N2/c1-21(2)26-17-16-25-10-8-19-32(30(25)20-26)24(6)15-14-23(5)27-11-7-13-29-28(27)12-9-18-31(29)22(3)4/h7,11,13,16-17,20-24H,8-10,12,14-15,18-19H2,1-6H3. The average Bonchev–Trinajstić information content (AvgIpc) is 2.80. The van der Waals surface area contributed by atoms with Crippen LogP contribution in [0.5, 0.6) is 0 Å². The van der Waals surface area contributed by atoms with E-state index in [9.17, 15) is 0 Å². The molecule has 32 heavy (non-hydrogen) atoms. The van der Waals surface area contributed by atoms with Crippen molar-refractivity contribution in [3.63, 3.8) is 0 Å². The Balaban J connectivity index is 1.47. The predicted octanol–water partition coefficient (Wildman–Crippen LogP) is 7.70. The van der Waals surface area contributed by atoms with Gasteiger partial charge in [0.05, 0.1) is 0 Å². The fourth-order valence-corrected chi connectivity index (χ4v) is 5.92. The van der Waals surface area contributed by atoms with E-state index < -0.39 is 0 Å². The number of aryl methyl sites for hydroxylation is 1. The molecule has 2 heteroatoms. The monoisotopic (exact) mass is 432 g/mol. The van der Waals surface area contributed by atoms with Crippen molar-refractivity contribution in [2.75, 3.05) is 22.9 Å². The Hall–Kier alpha value is -1.96. The van der Waals surface area contributed by atoms with Crippen LogP contribution in [0.25, 0.3) is 0 Å². The maximum atomic E-state index is 2.71. The molecule has 0 radical (unpaired) electrons. The molecule has 0 aliphatic carbocycles. The molecule has 4 rings (SSSR count). The summed E-state index contributed by atoms with van der Waals surface area (Å²) >= 11 is 0. The highest BCUT2D eigenvalue weighted by Gasteiger charge is 2.25. The zero-order valence-electron chi connectivity index (χ0n) is 21.3. The Bertz CT molecular complexity index is 913. The van der Waals surface area contributed by atoms with Crippen molar-refractivity contribution >= 4 is 11.4 Å². The quantitative estimate of drug-likeness (QED) is 0.442. The van der Waals surface area contributed by atoms with Crippen molar-refractivity contribution in [3.8, 4) is 0 Å². The molecule has 0 N–H and O–H groups in total. The third-order valence-electron chi connectivity index (χ3n) is 7.96. The molecule has 0 aromatic heterocycles. The van der Waals surface area contributed by atoms with Crippen molar-refractivity contribution in [1.29, 1.82) is 0 Å². The number of hydrogen-bond donors (Lipinski definition) is 0. The molecule has 0 spiro atoms. The SMILES string of the molecule is CC(C)c1ccc2c(c1)N(C(C)CCC(C)c1cccc3c1CCCN3C(C)C)CCC2. The summed E-state index contributed by atoms with van der Waals surface area (Å²) in [5.74, 6) is 1.21. The first-order valence-electron chi connectivity index (χ1n) is 13.1. The summed E-state index contributed by atoms with van der Waals surface area (Å²) in [6.07, 6.45) is 7.56. The van der Waals surface area contributed by atoms with Gasteiger partial charge in [0.25, 0.3) is 0 Å². The normalized spacial score (nSPS) is 18.0. The van der Waals surface area contributed by atoms with Gasteiger partial charge in [-0.3, -0.25) is 0 Å². The van der Waals surface area contributed by atoms with E-state index in [1.807, 2.05) is 0 Å². The van der Waals surface area contributed by atoms with Gasteiger partial charge in [0, 0.05) is 36.5 Å². The molecule has 2 nitrogen and oxygen atoms in total. The molecule has 2 unspecified atom stereocenters. The molecule has 174 valence electrons. The Labute approximate surface area is 197 Å². The molecule has 0 fully saturated rings. The van der Waals surface area contributed by atoms with E-state index in [0.29, 0.717) is 23.9 Å². The average molecular weight is 433 g/mol. The molecule has 2 aromatic carbocycles. The maximum absolute atomic E-state index is 2.71. The van der Waals surface area contributed by atoms with Crippen LogP contribution in [0, 0.1) is 0 Å². The Morgan fingerprint density at radius 3 is 2.28 bits per heavy atom. The van der Waals surface area contributed by atoms with Crippen LogP contribution in [0.15, 0.2) is 36.4 Å². The number of anilines is 2. The third-order valence-corrected chi connectivity index (χ3v) is 7.96. The summed E-state index contributed by atoms with van der Waals surface area (Å²) in [7, 11) is 0. The van der Waals surface area contributed by atoms with Crippen molar-refractivity contribution < 1.29 is 0 Å². The van der Waals surface area contributed by atoms with Crippen LogP contribution in [-0.4, -0.2) is 25.2 Å². The Morgan fingerprint density at radius 2 is 1.53 bits per heavy atom. The van der Waals surface area contributed by atoms with Crippen molar-refractivity contribution in [2.24, 2.45) is 0 Å². The van der Waals surface area contributed by atoms with Gasteiger partial charge in [-0.25, -0.2) is 0 Å². The lowest BCUT2D eigenvalue weighted by atomic mass is 9.86.